The molecule has 5 aromatic rings. The van der Waals surface area contributed by atoms with Gasteiger partial charge in [0.1, 0.15) is 17.4 Å². The van der Waals surface area contributed by atoms with Gasteiger partial charge in [0.05, 0.1) is 28.7 Å². The first-order valence-corrected chi connectivity index (χ1v) is 12.8. The summed E-state index contributed by atoms with van der Waals surface area (Å²) in [6, 6.07) is 20.9. The molecular weight excluding hydrogens is 448 g/mol. The van der Waals surface area contributed by atoms with E-state index in [2.05, 4.69) is 82.3 Å². The van der Waals surface area contributed by atoms with E-state index >= 15 is 0 Å². The van der Waals surface area contributed by atoms with E-state index in [1.807, 2.05) is 12.1 Å². The van der Waals surface area contributed by atoms with Crippen LogP contribution in [-0.4, -0.2) is 64.7 Å². The van der Waals surface area contributed by atoms with Crippen LogP contribution in [0.3, 0.4) is 0 Å². The number of fused-ring (bicyclic) bond motifs is 2. The average Bonchev–Trinajstić information content (AvgIpc) is 3.53. The highest BCUT2D eigenvalue weighted by atomic mass is 16.5. The third-order valence-electron chi connectivity index (χ3n) is 6.98. The second-order valence-corrected chi connectivity index (χ2v) is 9.62. The molecule has 0 amide bonds. The van der Waals surface area contributed by atoms with Crippen molar-refractivity contribution in [1.82, 2.24) is 24.8 Å². The lowest BCUT2D eigenvalue weighted by Gasteiger charge is -2.34. The zero-order valence-corrected chi connectivity index (χ0v) is 20.9. The number of nitrogens with zero attached hydrogens (tertiary/aromatic N) is 4. The summed E-state index contributed by atoms with van der Waals surface area (Å²) in [5.74, 6) is 2.61. The van der Waals surface area contributed by atoms with Crippen LogP contribution in [0.25, 0.3) is 44.8 Å². The summed E-state index contributed by atoms with van der Waals surface area (Å²) in [4.78, 5) is 21.5. The largest absolute Gasteiger partial charge is 0.494 e. The zero-order valence-electron chi connectivity index (χ0n) is 20.9. The van der Waals surface area contributed by atoms with Gasteiger partial charge in [-0.15, -0.1) is 0 Å². The molecule has 6 rings (SSSR count). The third kappa shape index (κ3) is 4.54. The topological polar surface area (TPSA) is 73.1 Å². The fourth-order valence-electron chi connectivity index (χ4n) is 4.73. The number of hydrogen-bond acceptors (Lipinski definition) is 5. The number of imidazole rings is 2. The van der Waals surface area contributed by atoms with E-state index in [0.29, 0.717) is 0 Å². The average molecular weight is 481 g/mol. The number of nitrogens with one attached hydrogen (secondary N) is 2. The summed E-state index contributed by atoms with van der Waals surface area (Å²) in [6.45, 7) is 7.21. The Morgan fingerprint density at radius 3 is 2.14 bits per heavy atom. The Labute approximate surface area is 211 Å². The molecule has 0 aliphatic carbocycles. The Morgan fingerprint density at radius 2 is 1.42 bits per heavy atom. The van der Waals surface area contributed by atoms with Crippen LogP contribution in [0.5, 0.6) is 5.75 Å². The van der Waals surface area contributed by atoms with Crippen LogP contribution in [0.15, 0.2) is 60.7 Å². The normalized spacial score (nSPS) is 14.7. The maximum Gasteiger partial charge on any atom is 0.138 e. The van der Waals surface area contributed by atoms with Crippen molar-refractivity contribution in [3.05, 3.63) is 60.7 Å². The van der Waals surface area contributed by atoms with Gasteiger partial charge in [0.25, 0.3) is 0 Å². The number of rotatable bonds is 7. The van der Waals surface area contributed by atoms with Crippen LogP contribution < -0.4 is 9.64 Å². The number of piperazine rings is 1. The van der Waals surface area contributed by atoms with Gasteiger partial charge < -0.3 is 24.5 Å². The summed E-state index contributed by atoms with van der Waals surface area (Å²) in [5.41, 5.74) is 7.30. The zero-order chi connectivity index (χ0) is 24.5. The van der Waals surface area contributed by atoms with Gasteiger partial charge in [0, 0.05) is 43.0 Å². The number of aromatic nitrogens is 4. The van der Waals surface area contributed by atoms with Crippen molar-refractivity contribution >= 4 is 27.8 Å². The van der Waals surface area contributed by atoms with Crippen molar-refractivity contribution in [2.24, 2.45) is 0 Å². The van der Waals surface area contributed by atoms with E-state index in [9.17, 15) is 0 Å². The van der Waals surface area contributed by atoms with Gasteiger partial charge in [-0.25, -0.2) is 9.97 Å². The number of benzene rings is 3. The van der Waals surface area contributed by atoms with Gasteiger partial charge in [0.15, 0.2) is 0 Å². The molecule has 1 saturated heterocycles. The van der Waals surface area contributed by atoms with Gasteiger partial charge in [-0.1, -0.05) is 13.3 Å². The standard InChI is InChI=1S/C29H32N6O/c1-3-4-17-36-23-9-5-20(6-10-23)28-30-24-11-7-21(18-26(24)32-28)29-31-25-12-8-22(19-27(25)33-29)35-15-13-34(2)14-16-35/h5-12,18-19H,3-4,13-17H2,1-2H3,(H,30,32)(H,31,33). The molecule has 7 heteroatoms. The van der Waals surface area contributed by atoms with Crippen molar-refractivity contribution < 1.29 is 4.74 Å². The molecule has 7 nitrogen and oxygen atoms in total. The van der Waals surface area contributed by atoms with Crippen molar-refractivity contribution in [2.45, 2.75) is 19.8 Å². The molecule has 184 valence electrons. The van der Waals surface area contributed by atoms with Crippen LogP contribution >= 0.6 is 0 Å². The molecule has 3 heterocycles. The number of aromatic amines is 2. The fraction of sp³-hybridized carbons (Fsp3) is 0.310. The molecule has 0 unspecified atom stereocenters. The SMILES string of the molecule is CCCCOc1ccc(-c2nc3ccc(-c4nc5ccc(N6CCN(C)CC6)cc5[nH]4)cc3[nH]2)cc1. The van der Waals surface area contributed by atoms with E-state index in [4.69, 9.17) is 14.7 Å². The molecule has 0 spiro atoms. The summed E-state index contributed by atoms with van der Waals surface area (Å²) in [7, 11) is 2.18. The molecule has 2 N–H and O–H groups in total. The van der Waals surface area contributed by atoms with Gasteiger partial charge in [0.2, 0.25) is 0 Å². The quantitative estimate of drug-likeness (QED) is 0.292. The van der Waals surface area contributed by atoms with E-state index in [0.717, 1.165) is 96.2 Å². The van der Waals surface area contributed by atoms with Crippen molar-refractivity contribution in [1.29, 1.82) is 0 Å². The Hall–Kier alpha value is -3.84. The number of ether oxygens (including phenoxy) is 1. The second-order valence-electron chi connectivity index (χ2n) is 9.62. The van der Waals surface area contributed by atoms with Gasteiger partial charge >= 0.3 is 0 Å². The van der Waals surface area contributed by atoms with E-state index in [1.54, 1.807) is 0 Å². The molecule has 3 aromatic carbocycles. The van der Waals surface area contributed by atoms with Gasteiger partial charge in [-0.2, -0.15) is 0 Å². The van der Waals surface area contributed by atoms with Gasteiger partial charge in [-0.05, 0) is 74.1 Å². The fourth-order valence-corrected chi connectivity index (χ4v) is 4.73. The highest BCUT2D eigenvalue weighted by Gasteiger charge is 2.16. The van der Waals surface area contributed by atoms with Crippen molar-refractivity contribution in [2.75, 3.05) is 44.7 Å². The van der Waals surface area contributed by atoms with Crippen LogP contribution in [0.4, 0.5) is 5.69 Å². The molecule has 0 saturated carbocycles. The molecule has 1 aliphatic rings. The summed E-state index contributed by atoms with van der Waals surface area (Å²) >= 11 is 0. The smallest absolute Gasteiger partial charge is 0.138 e. The minimum Gasteiger partial charge on any atom is -0.494 e. The first kappa shape index (κ1) is 22.6. The van der Waals surface area contributed by atoms with E-state index in [-0.39, 0.29) is 0 Å². The second kappa shape index (κ2) is 9.66. The summed E-state index contributed by atoms with van der Waals surface area (Å²) in [6.07, 6.45) is 2.20. The van der Waals surface area contributed by atoms with Crippen LogP contribution in [0.2, 0.25) is 0 Å². The highest BCUT2D eigenvalue weighted by Crippen LogP contribution is 2.28. The first-order chi connectivity index (χ1) is 17.7. The lowest BCUT2D eigenvalue weighted by Crippen LogP contribution is -2.44. The number of likely N-dealkylation sites (N-methyl/N-ethyl adjacent to an activating group) is 1. The van der Waals surface area contributed by atoms with Crippen molar-refractivity contribution in [3.63, 3.8) is 0 Å². The molecule has 2 aromatic heterocycles. The highest BCUT2D eigenvalue weighted by molar-refractivity contribution is 5.87. The Kier molecular flexibility index (Phi) is 6.07. The first-order valence-electron chi connectivity index (χ1n) is 12.8. The Bertz CT molecular complexity index is 1480. The minimum atomic E-state index is 0.752. The molecule has 1 aliphatic heterocycles. The predicted molar refractivity (Wildman–Crippen MR) is 147 cm³/mol. The predicted octanol–water partition coefficient (Wildman–Crippen LogP) is 5.70. The third-order valence-corrected chi connectivity index (χ3v) is 6.98. The Morgan fingerprint density at radius 1 is 0.778 bits per heavy atom. The lowest BCUT2D eigenvalue weighted by molar-refractivity contribution is 0.309. The molecule has 0 radical (unpaired) electrons. The number of anilines is 1. The molecule has 0 bridgehead atoms. The van der Waals surface area contributed by atoms with Crippen molar-refractivity contribution in [3.8, 4) is 28.5 Å². The number of unbranched alkanes of at least 4 members (excludes halogenated alkanes) is 1. The molecule has 1 fully saturated rings. The Balaban J connectivity index is 1.23. The summed E-state index contributed by atoms with van der Waals surface area (Å²) < 4.78 is 5.79. The van der Waals surface area contributed by atoms with E-state index < -0.39 is 0 Å². The lowest BCUT2D eigenvalue weighted by atomic mass is 10.2. The molecular formula is C29H32N6O. The minimum absolute atomic E-state index is 0.752. The van der Waals surface area contributed by atoms with Crippen LogP contribution in [-0.2, 0) is 0 Å². The molecule has 36 heavy (non-hydrogen) atoms. The van der Waals surface area contributed by atoms with E-state index in [1.165, 1.54) is 5.69 Å². The maximum absolute atomic E-state index is 5.79. The number of hydrogen-bond donors (Lipinski definition) is 2. The van der Waals surface area contributed by atoms with Crippen LogP contribution in [0.1, 0.15) is 19.8 Å². The van der Waals surface area contributed by atoms with Crippen LogP contribution in [0, 0.1) is 0 Å². The monoisotopic (exact) mass is 480 g/mol. The van der Waals surface area contributed by atoms with Gasteiger partial charge in [-0.3, -0.25) is 0 Å². The molecule has 0 atom stereocenters. The maximum atomic E-state index is 5.79. The number of H-pyrrole nitrogens is 2. The summed E-state index contributed by atoms with van der Waals surface area (Å²) in [5, 5.41) is 0.